The van der Waals surface area contributed by atoms with E-state index in [0.717, 1.165) is 57.8 Å². The largest absolute Gasteiger partial charge is 0.462 e. The molecule has 0 fully saturated rings. The van der Waals surface area contributed by atoms with E-state index in [1.165, 1.54) is 51.4 Å². The number of carbonyl (C=O) groups excluding carboxylic acids is 2. The van der Waals surface area contributed by atoms with Gasteiger partial charge in [0.15, 0.2) is 6.10 Å². The predicted octanol–water partition coefficient (Wildman–Crippen LogP) is 10.6. The Balaban J connectivity index is 3.76. The third-order valence-electron chi connectivity index (χ3n) is 7.03. The first kappa shape index (κ1) is 41.3. The number of aliphatic hydroxyl groups is 1. The van der Waals surface area contributed by atoms with Crippen molar-refractivity contribution in [2.75, 3.05) is 13.2 Å². The van der Waals surface area contributed by atoms with Gasteiger partial charge in [0.1, 0.15) is 6.61 Å². The lowest BCUT2D eigenvalue weighted by atomic mass is 10.1. The molecule has 5 nitrogen and oxygen atoms in total. The van der Waals surface area contributed by atoms with E-state index in [0.29, 0.717) is 12.8 Å². The molecule has 0 aromatic carbocycles. The Morgan fingerprint density at radius 1 is 0.545 bits per heavy atom. The van der Waals surface area contributed by atoms with Crippen molar-refractivity contribution in [2.24, 2.45) is 0 Å². The van der Waals surface area contributed by atoms with Crippen LogP contribution in [0.25, 0.3) is 0 Å². The van der Waals surface area contributed by atoms with Crippen LogP contribution in [0.5, 0.6) is 0 Å². The molecule has 0 saturated carbocycles. The standard InChI is InChI=1S/C39H64O5/c1-3-5-7-9-11-13-15-16-17-18-19-20-21-22-24-26-28-30-32-34-39(42)44-37(35-40)36-43-38(41)33-31-29-27-25-23-14-12-10-8-6-4-2/h5,7,11,13,16-17,19-20,22,24,28,30,37,40H,3-4,6,8-10,12,14-15,18,21,23,25-27,29,31-36H2,1-2H3/t37-/m0/s1. The molecule has 0 heterocycles. The van der Waals surface area contributed by atoms with Crippen molar-refractivity contribution in [2.45, 2.75) is 148 Å². The zero-order chi connectivity index (χ0) is 32.2. The Kier molecular flexibility index (Phi) is 32.7. The average Bonchev–Trinajstić information content (AvgIpc) is 3.02. The van der Waals surface area contributed by atoms with Crippen LogP contribution in [0.2, 0.25) is 0 Å². The number of esters is 2. The van der Waals surface area contributed by atoms with E-state index in [2.05, 4.69) is 74.6 Å². The SMILES string of the molecule is CCC=CCC=CCC=CCC=CCC=CCC=CCCC(=O)O[C@@H](CO)COC(=O)CCCCCCCCCCCCC. The second kappa shape index (κ2) is 34.8. The number of rotatable bonds is 30. The molecule has 1 atom stereocenters. The molecule has 0 rings (SSSR count). The number of allylic oxidation sites excluding steroid dienone is 12. The predicted molar refractivity (Wildman–Crippen MR) is 186 cm³/mol. The number of ether oxygens (including phenoxy) is 2. The Morgan fingerprint density at radius 2 is 0.977 bits per heavy atom. The van der Waals surface area contributed by atoms with Gasteiger partial charge >= 0.3 is 11.9 Å². The van der Waals surface area contributed by atoms with Gasteiger partial charge in [-0.05, 0) is 51.4 Å². The van der Waals surface area contributed by atoms with Crippen LogP contribution in [0.3, 0.4) is 0 Å². The summed E-state index contributed by atoms with van der Waals surface area (Å²) in [5.41, 5.74) is 0. The van der Waals surface area contributed by atoms with Gasteiger partial charge in [-0.2, -0.15) is 0 Å². The van der Waals surface area contributed by atoms with Crippen molar-refractivity contribution in [1.82, 2.24) is 0 Å². The number of unbranched alkanes of at least 4 members (excludes halogenated alkanes) is 10. The molecule has 0 aliphatic rings. The summed E-state index contributed by atoms with van der Waals surface area (Å²) in [6, 6.07) is 0. The maximum absolute atomic E-state index is 12.1. The zero-order valence-electron chi connectivity index (χ0n) is 28.1. The highest BCUT2D eigenvalue weighted by Crippen LogP contribution is 2.12. The van der Waals surface area contributed by atoms with Crippen LogP contribution in [0.1, 0.15) is 142 Å². The summed E-state index contributed by atoms with van der Waals surface area (Å²) in [4.78, 5) is 24.1. The summed E-state index contributed by atoms with van der Waals surface area (Å²) in [6.45, 7) is 3.93. The summed E-state index contributed by atoms with van der Waals surface area (Å²) < 4.78 is 10.5. The Morgan fingerprint density at radius 3 is 1.43 bits per heavy atom. The second-order valence-corrected chi connectivity index (χ2v) is 11.2. The molecule has 0 unspecified atom stereocenters. The quantitative estimate of drug-likeness (QED) is 0.0496. The summed E-state index contributed by atoms with van der Waals surface area (Å²) in [5.74, 6) is -0.696. The molecule has 0 bridgehead atoms. The topological polar surface area (TPSA) is 72.8 Å². The lowest BCUT2D eigenvalue weighted by molar-refractivity contribution is -0.161. The third kappa shape index (κ3) is 32.3. The van der Waals surface area contributed by atoms with Crippen LogP contribution in [0, 0.1) is 0 Å². The highest BCUT2D eigenvalue weighted by atomic mass is 16.6. The molecular weight excluding hydrogens is 548 g/mol. The van der Waals surface area contributed by atoms with Gasteiger partial charge < -0.3 is 14.6 Å². The summed E-state index contributed by atoms with van der Waals surface area (Å²) in [6.07, 6.45) is 45.4. The lowest BCUT2D eigenvalue weighted by Crippen LogP contribution is -2.28. The van der Waals surface area contributed by atoms with E-state index < -0.39 is 12.1 Å². The molecular formula is C39H64O5. The fourth-order valence-corrected chi connectivity index (χ4v) is 4.40. The molecule has 0 aromatic rings. The van der Waals surface area contributed by atoms with Crippen molar-refractivity contribution in [1.29, 1.82) is 0 Å². The monoisotopic (exact) mass is 612 g/mol. The van der Waals surface area contributed by atoms with Gasteiger partial charge in [0.05, 0.1) is 6.61 Å². The third-order valence-corrected chi connectivity index (χ3v) is 7.03. The van der Waals surface area contributed by atoms with E-state index in [1.807, 2.05) is 12.2 Å². The van der Waals surface area contributed by atoms with Crippen molar-refractivity contribution in [3.05, 3.63) is 72.9 Å². The number of aliphatic hydroxyl groups excluding tert-OH is 1. The Hall–Kier alpha value is -2.66. The highest BCUT2D eigenvalue weighted by Gasteiger charge is 2.15. The van der Waals surface area contributed by atoms with Crippen LogP contribution >= 0.6 is 0 Å². The Labute approximate surface area is 270 Å². The van der Waals surface area contributed by atoms with E-state index in [-0.39, 0.29) is 25.6 Å². The smallest absolute Gasteiger partial charge is 0.306 e. The average molecular weight is 613 g/mol. The first-order valence-electron chi connectivity index (χ1n) is 17.5. The van der Waals surface area contributed by atoms with Gasteiger partial charge in [-0.1, -0.05) is 151 Å². The van der Waals surface area contributed by atoms with Crippen LogP contribution < -0.4 is 0 Å². The molecule has 0 radical (unpaired) electrons. The minimum absolute atomic E-state index is 0.0982. The second-order valence-electron chi connectivity index (χ2n) is 11.2. The Bertz CT molecular complexity index is 833. The van der Waals surface area contributed by atoms with Gasteiger partial charge in [0.25, 0.3) is 0 Å². The van der Waals surface area contributed by atoms with Crippen molar-refractivity contribution >= 4 is 11.9 Å². The van der Waals surface area contributed by atoms with Crippen LogP contribution in [0.4, 0.5) is 0 Å². The fraction of sp³-hybridized carbons (Fsp3) is 0.641. The first-order chi connectivity index (χ1) is 21.6. The molecule has 44 heavy (non-hydrogen) atoms. The highest BCUT2D eigenvalue weighted by molar-refractivity contribution is 5.70. The van der Waals surface area contributed by atoms with Gasteiger partial charge in [0.2, 0.25) is 0 Å². The van der Waals surface area contributed by atoms with Gasteiger partial charge in [-0.3, -0.25) is 9.59 Å². The molecule has 0 amide bonds. The molecule has 1 N–H and O–H groups in total. The molecule has 0 spiro atoms. The summed E-state index contributed by atoms with van der Waals surface area (Å²) >= 11 is 0. The lowest BCUT2D eigenvalue weighted by Gasteiger charge is -2.15. The fourth-order valence-electron chi connectivity index (χ4n) is 4.40. The van der Waals surface area contributed by atoms with Crippen molar-refractivity contribution in [3.63, 3.8) is 0 Å². The van der Waals surface area contributed by atoms with E-state index in [9.17, 15) is 14.7 Å². The minimum atomic E-state index is -0.811. The minimum Gasteiger partial charge on any atom is -0.462 e. The summed E-state index contributed by atoms with van der Waals surface area (Å²) in [5, 5.41) is 9.50. The number of hydrogen-bond acceptors (Lipinski definition) is 5. The van der Waals surface area contributed by atoms with E-state index in [4.69, 9.17) is 9.47 Å². The zero-order valence-corrected chi connectivity index (χ0v) is 28.1. The number of hydrogen-bond donors (Lipinski definition) is 1. The van der Waals surface area contributed by atoms with E-state index in [1.54, 1.807) is 0 Å². The normalized spacial score (nSPS) is 13.1. The van der Waals surface area contributed by atoms with Crippen molar-refractivity contribution in [3.8, 4) is 0 Å². The number of carbonyl (C=O) groups is 2. The van der Waals surface area contributed by atoms with Crippen LogP contribution in [-0.2, 0) is 19.1 Å². The maximum atomic E-state index is 12.1. The maximum Gasteiger partial charge on any atom is 0.306 e. The van der Waals surface area contributed by atoms with Crippen LogP contribution in [0.15, 0.2) is 72.9 Å². The molecule has 0 aromatic heterocycles. The van der Waals surface area contributed by atoms with Crippen molar-refractivity contribution < 1.29 is 24.2 Å². The molecule has 5 heteroatoms. The molecule has 250 valence electrons. The summed E-state index contributed by atoms with van der Waals surface area (Å²) in [7, 11) is 0. The first-order valence-corrected chi connectivity index (χ1v) is 17.5. The molecule has 0 aliphatic carbocycles. The van der Waals surface area contributed by atoms with Gasteiger partial charge in [-0.25, -0.2) is 0 Å². The van der Waals surface area contributed by atoms with Gasteiger partial charge in [-0.15, -0.1) is 0 Å². The van der Waals surface area contributed by atoms with E-state index >= 15 is 0 Å². The molecule has 0 saturated heterocycles. The van der Waals surface area contributed by atoms with Crippen LogP contribution in [-0.4, -0.2) is 36.4 Å². The molecule has 0 aliphatic heterocycles. The van der Waals surface area contributed by atoms with Gasteiger partial charge in [0, 0.05) is 12.8 Å².